The van der Waals surface area contributed by atoms with Crippen LogP contribution in [0.3, 0.4) is 0 Å². The molecule has 0 spiro atoms. The van der Waals surface area contributed by atoms with Crippen molar-refractivity contribution in [3.63, 3.8) is 0 Å². The maximum absolute atomic E-state index is 13.5. The van der Waals surface area contributed by atoms with E-state index in [1.807, 2.05) is 18.2 Å². The van der Waals surface area contributed by atoms with Crippen LogP contribution in [0.4, 0.5) is 5.82 Å². The number of sulfone groups is 1. The molecule has 0 fully saturated rings. The molecule has 0 saturated heterocycles. The maximum atomic E-state index is 13.5. The van der Waals surface area contributed by atoms with E-state index in [9.17, 15) is 8.42 Å². The minimum atomic E-state index is -3.94. The molecule has 4 aromatic rings. The van der Waals surface area contributed by atoms with Crippen molar-refractivity contribution in [3.8, 4) is 0 Å². The molecule has 0 aliphatic carbocycles. The van der Waals surface area contributed by atoms with E-state index in [1.165, 1.54) is 12.1 Å². The molecular weight excluding hydrogens is 448 g/mol. The molecule has 0 atom stereocenters. The Morgan fingerprint density at radius 3 is 2.34 bits per heavy atom. The fraction of sp³-hybridized carbons (Fsp3) is 0.304. The molecule has 168 valence electrons. The van der Waals surface area contributed by atoms with Gasteiger partial charge in [-0.2, -0.15) is 0 Å². The molecule has 0 aliphatic heterocycles. The second kappa shape index (κ2) is 9.44. The van der Waals surface area contributed by atoms with E-state index in [2.05, 4.69) is 11.9 Å². The topological polar surface area (TPSA) is 100 Å². The molecule has 4 rings (SSSR count). The van der Waals surface area contributed by atoms with Gasteiger partial charge in [0.15, 0.2) is 5.65 Å². The lowest BCUT2D eigenvalue weighted by molar-refractivity contribution is 0.126. The van der Waals surface area contributed by atoms with Crippen LogP contribution in [0.2, 0.25) is 5.02 Å². The SMILES string of the molecule is CCCCOCCCn1c(N)c(S(=O)(=O)c2ccc(Cl)cc2)c2nc3ccccc3nc21. The summed E-state index contributed by atoms with van der Waals surface area (Å²) in [7, 11) is -3.94. The van der Waals surface area contributed by atoms with Gasteiger partial charge in [0.05, 0.1) is 15.9 Å². The molecule has 2 heterocycles. The number of nitrogens with two attached hydrogens (primary N) is 1. The smallest absolute Gasteiger partial charge is 0.212 e. The highest BCUT2D eigenvalue weighted by atomic mass is 35.5. The van der Waals surface area contributed by atoms with E-state index in [1.54, 1.807) is 22.8 Å². The minimum Gasteiger partial charge on any atom is -0.384 e. The third-order valence-corrected chi connectivity index (χ3v) is 7.34. The molecule has 2 N–H and O–H groups in total. The lowest BCUT2D eigenvalue weighted by atomic mass is 10.3. The predicted molar refractivity (Wildman–Crippen MR) is 127 cm³/mol. The number of anilines is 1. The highest BCUT2D eigenvalue weighted by Gasteiger charge is 2.30. The predicted octanol–water partition coefficient (Wildman–Crippen LogP) is 4.86. The zero-order valence-corrected chi connectivity index (χ0v) is 19.4. The number of aryl methyl sites for hydroxylation is 1. The molecule has 0 aliphatic rings. The molecule has 0 radical (unpaired) electrons. The zero-order valence-electron chi connectivity index (χ0n) is 17.8. The third kappa shape index (κ3) is 4.30. The summed E-state index contributed by atoms with van der Waals surface area (Å²) < 4.78 is 34.5. The first kappa shape index (κ1) is 22.5. The van der Waals surface area contributed by atoms with Crippen LogP contribution in [0.5, 0.6) is 0 Å². The van der Waals surface area contributed by atoms with Gasteiger partial charge in [-0.1, -0.05) is 37.1 Å². The lowest BCUT2D eigenvalue weighted by Crippen LogP contribution is -2.09. The summed E-state index contributed by atoms with van der Waals surface area (Å²) in [4.78, 5) is 9.41. The number of hydrogen-bond donors (Lipinski definition) is 1. The lowest BCUT2D eigenvalue weighted by Gasteiger charge is -2.09. The van der Waals surface area contributed by atoms with Gasteiger partial charge < -0.3 is 15.0 Å². The third-order valence-electron chi connectivity index (χ3n) is 5.25. The van der Waals surface area contributed by atoms with Crippen molar-refractivity contribution in [2.45, 2.75) is 42.5 Å². The number of ether oxygens (including phenoxy) is 1. The first-order chi connectivity index (χ1) is 15.4. The quantitative estimate of drug-likeness (QED) is 0.349. The zero-order chi connectivity index (χ0) is 22.7. The van der Waals surface area contributed by atoms with Crippen LogP contribution in [0, 0.1) is 0 Å². The van der Waals surface area contributed by atoms with Crippen LogP contribution in [0.15, 0.2) is 58.3 Å². The molecule has 0 amide bonds. The van der Waals surface area contributed by atoms with Crippen molar-refractivity contribution in [2.24, 2.45) is 0 Å². The number of hydrogen-bond acceptors (Lipinski definition) is 6. The molecule has 7 nitrogen and oxygen atoms in total. The van der Waals surface area contributed by atoms with Crippen LogP contribution >= 0.6 is 11.6 Å². The summed E-state index contributed by atoms with van der Waals surface area (Å²) in [6, 6.07) is 13.4. The average molecular weight is 473 g/mol. The molecular formula is C23H25ClN4O3S. The van der Waals surface area contributed by atoms with E-state index in [4.69, 9.17) is 27.1 Å². The van der Waals surface area contributed by atoms with Gasteiger partial charge in [0, 0.05) is 24.8 Å². The van der Waals surface area contributed by atoms with Gasteiger partial charge in [0.1, 0.15) is 16.2 Å². The van der Waals surface area contributed by atoms with Gasteiger partial charge in [0.2, 0.25) is 9.84 Å². The number of para-hydroxylation sites is 2. The monoisotopic (exact) mass is 472 g/mol. The number of rotatable bonds is 9. The van der Waals surface area contributed by atoms with E-state index in [-0.39, 0.29) is 21.1 Å². The first-order valence-electron chi connectivity index (χ1n) is 10.6. The minimum absolute atomic E-state index is 0.0278. The fourth-order valence-corrected chi connectivity index (χ4v) is 5.22. The molecule has 0 bridgehead atoms. The van der Waals surface area contributed by atoms with Crippen LogP contribution in [-0.4, -0.2) is 36.2 Å². The molecule has 32 heavy (non-hydrogen) atoms. The van der Waals surface area contributed by atoms with Crippen molar-refractivity contribution < 1.29 is 13.2 Å². The molecule has 2 aromatic carbocycles. The number of nitrogens with zero attached hydrogens (tertiary/aromatic N) is 3. The van der Waals surface area contributed by atoms with E-state index in [0.29, 0.717) is 47.9 Å². The van der Waals surface area contributed by atoms with Crippen molar-refractivity contribution >= 4 is 49.5 Å². The Hall–Kier alpha value is -2.68. The van der Waals surface area contributed by atoms with Crippen molar-refractivity contribution in [1.82, 2.24) is 14.5 Å². The van der Waals surface area contributed by atoms with Crippen LogP contribution < -0.4 is 5.73 Å². The number of unbranched alkanes of at least 4 members (excludes halogenated alkanes) is 1. The highest BCUT2D eigenvalue weighted by molar-refractivity contribution is 7.92. The van der Waals surface area contributed by atoms with E-state index in [0.717, 1.165) is 12.8 Å². The molecule has 2 aromatic heterocycles. The first-order valence-corrected chi connectivity index (χ1v) is 12.4. The Morgan fingerprint density at radius 1 is 1.00 bits per heavy atom. The second-order valence-corrected chi connectivity index (χ2v) is 9.85. The number of aromatic nitrogens is 3. The Bertz CT molecular complexity index is 1350. The summed E-state index contributed by atoms with van der Waals surface area (Å²) in [5.74, 6) is 0.124. The van der Waals surface area contributed by atoms with Gasteiger partial charge in [-0.25, -0.2) is 18.4 Å². The molecule has 0 unspecified atom stereocenters. The van der Waals surface area contributed by atoms with Gasteiger partial charge in [0.25, 0.3) is 0 Å². The maximum Gasteiger partial charge on any atom is 0.212 e. The normalized spacial score (nSPS) is 12.1. The number of halogens is 1. The van der Waals surface area contributed by atoms with Crippen LogP contribution in [0.1, 0.15) is 26.2 Å². The van der Waals surface area contributed by atoms with Crippen molar-refractivity contribution in [2.75, 3.05) is 18.9 Å². The Kier molecular flexibility index (Phi) is 6.64. The average Bonchev–Trinajstić information content (AvgIpc) is 3.05. The summed E-state index contributed by atoms with van der Waals surface area (Å²) in [5.41, 5.74) is 8.42. The van der Waals surface area contributed by atoms with Crippen LogP contribution in [0.25, 0.3) is 22.2 Å². The van der Waals surface area contributed by atoms with Gasteiger partial charge in [-0.05, 0) is 49.2 Å². The summed E-state index contributed by atoms with van der Waals surface area (Å²) >= 11 is 5.95. The number of benzene rings is 2. The Balaban J connectivity index is 1.82. The van der Waals surface area contributed by atoms with Gasteiger partial charge in [-0.15, -0.1) is 0 Å². The fourth-order valence-electron chi connectivity index (χ4n) is 3.59. The van der Waals surface area contributed by atoms with Gasteiger partial charge >= 0.3 is 0 Å². The van der Waals surface area contributed by atoms with E-state index < -0.39 is 9.84 Å². The number of fused-ring (bicyclic) bond motifs is 2. The largest absolute Gasteiger partial charge is 0.384 e. The summed E-state index contributed by atoms with van der Waals surface area (Å²) in [6.45, 7) is 3.84. The Morgan fingerprint density at radius 2 is 1.66 bits per heavy atom. The summed E-state index contributed by atoms with van der Waals surface area (Å²) in [6.07, 6.45) is 2.76. The molecule has 0 saturated carbocycles. The highest BCUT2D eigenvalue weighted by Crippen LogP contribution is 2.35. The number of nitrogen functional groups attached to an aromatic ring is 1. The Labute approximate surface area is 192 Å². The van der Waals surface area contributed by atoms with Crippen molar-refractivity contribution in [1.29, 1.82) is 0 Å². The second-order valence-electron chi connectivity index (χ2n) is 7.53. The van der Waals surface area contributed by atoms with Crippen molar-refractivity contribution in [3.05, 3.63) is 53.6 Å². The van der Waals surface area contributed by atoms with Crippen LogP contribution in [-0.2, 0) is 21.1 Å². The van der Waals surface area contributed by atoms with E-state index >= 15 is 0 Å². The standard InChI is InChI=1S/C23H25ClN4O3S/c1-2-3-14-31-15-6-13-28-22(25)21(32(29,30)17-11-9-16(24)10-12-17)20-23(28)27-19-8-5-4-7-18(19)26-20/h4-5,7-12H,2-3,6,13-15,25H2,1H3. The molecule has 9 heteroatoms. The van der Waals surface area contributed by atoms with Gasteiger partial charge in [-0.3, -0.25) is 0 Å². The summed E-state index contributed by atoms with van der Waals surface area (Å²) in [5, 5.41) is 0.452.